The SMILES string of the molecule is CCOC(=O)OCCl.CCOC(=O)OCOC(=O)[C@H](O)C[C@@H](Cc1ccc(-c2cccc(Cl)c2)cc1)NC(=O)C1=NN(c2ccccc2)C(=O)C1.O=C(N[C@H](Cc1ccc(-c2cccc(Cl)c2)cc1)C[C@@H](O)C(=O)O)c1nn(-c2ccccc2)c(=O)[nH]1. The van der Waals surface area contributed by atoms with Crippen molar-refractivity contribution < 1.29 is 72.6 Å². The van der Waals surface area contributed by atoms with Gasteiger partial charge in [-0.2, -0.15) is 14.8 Å². The standard InChI is InChI=1S/C31H30ClN3O8.C26H23ClN4O5.C4H7ClO3/c1-2-41-31(40)43-19-42-30(39)27(36)17-24(15-20-11-13-21(14-12-20)22-7-6-8-23(32)16-22)33-29(38)26-18-28(37)35(34-26)25-9-4-3-5-10-25;27-19-6-4-5-18(14-19)17-11-9-16(10-12-17)13-20(15-22(32)25(34)35)28-24(33)23-29-26(36)31(30-23)21-7-2-1-3-8-21;1-2-7-4(6)8-3-5/h3-14,16,24,27,36H,2,15,17-19H2,1H3,(H,33,38);1-12,14,20,22,32H,13,15H2,(H,28,33)(H,34,35)(H,29,30,36);2-3H2,1H3/t24-,27-;20-,22-;/m11./s1. The lowest BCUT2D eigenvalue weighted by molar-refractivity contribution is -0.164. The van der Waals surface area contributed by atoms with Gasteiger partial charge in [-0.1, -0.05) is 144 Å². The number of para-hydroxylation sites is 2. The number of aliphatic hydroxyl groups is 2. The minimum absolute atomic E-state index is 0.00457. The second-order valence-electron chi connectivity index (χ2n) is 18.6. The highest BCUT2D eigenvalue weighted by molar-refractivity contribution is 6.44. The zero-order valence-electron chi connectivity index (χ0n) is 46.8. The average molecular weight is 1250 g/mol. The molecule has 6 N–H and O–H groups in total. The monoisotopic (exact) mass is 1250 g/mol. The van der Waals surface area contributed by atoms with Gasteiger partial charge in [-0.25, -0.2) is 24.0 Å². The van der Waals surface area contributed by atoms with E-state index in [4.69, 9.17) is 44.6 Å². The second-order valence-corrected chi connectivity index (χ2v) is 19.7. The Morgan fingerprint density at radius 3 is 1.59 bits per heavy atom. The number of carbonyl (C=O) groups is 7. The van der Waals surface area contributed by atoms with Gasteiger partial charge >= 0.3 is 29.9 Å². The number of hydrogen-bond acceptors (Lipinski definition) is 17. The fourth-order valence-electron chi connectivity index (χ4n) is 8.31. The van der Waals surface area contributed by atoms with Crippen LogP contribution < -0.4 is 21.3 Å². The number of carboxylic acids is 1. The maximum absolute atomic E-state index is 13.2. The quantitative estimate of drug-likeness (QED) is 0.0151. The molecule has 456 valence electrons. The number of H-pyrrole nitrogens is 1. The van der Waals surface area contributed by atoms with Gasteiger partial charge < -0.3 is 49.6 Å². The number of rotatable bonds is 23. The predicted octanol–water partition coefficient (Wildman–Crippen LogP) is 8.67. The smallest absolute Gasteiger partial charge is 0.479 e. The number of anilines is 1. The molecule has 0 fully saturated rings. The van der Waals surface area contributed by atoms with E-state index in [0.29, 0.717) is 28.0 Å². The van der Waals surface area contributed by atoms with Crippen LogP contribution in [0, 0.1) is 0 Å². The van der Waals surface area contributed by atoms with Gasteiger partial charge in [-0.15, -0.1) is 5.10 Å². The summed E-state index contributed by atoms with van der Waals surface area (Å²) in [6.45, 7) is 2.93. The van der Waals surface area contributed by atoms with Crippen LogP contribution in [-0.4, -0.2) is 128 Å². The van der Waals surface area contributed by atoms with E-state index in [0.717, 1.165) is 43.1 Å². The van der Waals surface area contributed by atoms with Crippen molar-refractivity contribution in [2.75, 3.05) is 31.1 Å². The summed E-state index contributed by atoms with van der Waals surface area (Å²) in [6, 6.07) is 45.5. The molecule has 0 bridgehead atoms. The van der Waals surface area contributed by atoms with E-state index < -0.39 is 72.8 Å². The van der Waals surface area contributed by atoms with Crippen molar-refractivity contribution in [2.45, 2.75) is 70.2 Å². The Balaban J connectivity index is 0.000000250. The van der Waals surface area contributed by atoms with Crippen molar-refractivity contribution in [3.8, 4) is 27.9 Å². The van der Waals surface area contributed by atoms with Crippen molar-refractivity contribution in [2.24, 2.45) is 5.10 Å². The number of ether oxygens (including phenoxy) is 5. The number of hydrogen-bond donors (Lipinski definition) is 6. The maximum Gasteiger partial charge on any atom is 0.511 e. The number of carboxylic acid groups (broad SMARTS) is 1. The molecule has 8 rings (SSSR count). The molecule has 0 radical (unpaired) electrons. The number of benzene rings is 6. The number of hydrazone groups is 1. The van der Waals surface area contributed by atoms with Gasteiger partial charge in [-0.05, 0) is 109 Å². The van der Waals surface area contributed by atoms with Crippen LogP contribution in [0.2, 0.25) is 10.0 Å². The zero-order valence-corrected chi connectivity index (χ0v) is 49.0. The molecule has 0 saturated heterocycles. The summed E-state index contributed by atoms with van der Waals surface area (Å²) in [4.78, 5) is 98.4. The first kappa shape index (κ1) is 66.7. The van der Waals surface area contributed by atoms with Crippen molar-refractivity contribution in [1.29, 1.82) is 0 Å². The van der Waals surface area contributed by atoms with E-state index in [2.05, 4.69) is 44.8 Å². The highest BCUT2D eigenvalue weighted by Gasteiger charge is 2.32. The molecule has 87 heavy (non-hydrogen) atoms. The molecule has 1 aliphatic heterocycles. The minimum Gasteiger partial charge on any atom is -0.479 e. The highest BCUT2D eigenvalue weighted by Crippen LogP contribution is 2.26. The van der Waals surface area contributed by atoms with E-state index in [9.17, 15) is 48.6 Å². The summed E-state index contributed by atoms with van der Waals surface area (Å²) < 4.78 is 23.6. The summed E-state index contributed by atoms with van der Waals surface area (Å²) in [5.41, 5.74) is 5.76. The molecule has 6 aromatic carbocycles. The van der Waals surface area contributed by atoms with Crippen molar-refractivity contribution in [3.63, 3.8) is 0 Å². The Bertz CT molecular complexity index is 3530. The van der Waals surface area contributed by atoms with Crippen LogP contribution in [0.1, 0.15) is 54.9 Å². The molecule has 4 atom stereocenters. The highest BCUT2D eigenvalue weighted by atomic mass is 35.5. The Morgan fingerprint density at radius 2 is 1.09 bits per heavy atom. The van der Waals surface area contributed by atoms with E-state index in [-0.39, 0.29) is 62.2 Å². The molecular formula is C61H60Cl3N7O16. The number of aliphatic carboxylic acids is 1. The molecule has 2 heterocycles. The van der Waals surface area contributed by atoms with Crippen molar-refractivity contribution in [1.82, 2.24) is 25.4 Å². The normalized spacial score (nSPS) is 12.9. The van der Waals surface area contributed by atoms with Crippen LogP contribution in [0.5, 0.6) is 0 Å². The number of aliphatic hydroxyl groups excluding tert-OH is 2. The Labute approximate surface area is 513 Å². The van der Waals surface area contributed by atoms with Crippen molar-refractivity contribution >= 4 is 88.2 Å². The average Bonchev–Trinajstić information content (AvgIpc) is 2.88. The number of halogens is 3. The number of nitrogens with zero attached hydrogens (tertiary/aromatic N) is 4. The molecule has 0 aliphatic carbocycles. The van der Waals surface area contributed by atoms with Gasteiger partial charge in [0.15, 0.2) is 18.3 Å². The van der Waals surface area contributed by atoms with Crippen molar-refractivity contribution in [3.05, 3.63) is 195 Å². The molecule has 0 spiro atoms. The largest absolute Gasteiger partial charge is 0.511 e. The first-order valence-corrected chi connectivity index (χ1v) is 28.1. The fraction of sp³-hybridized carbons (Fsp3) is 0.246. The number of nitrogens with one attached hydrogen (secondary N) is 3. The summed E-state index contributed by atoms with van der Waals surface area (Å²) >= 11 is 17.2. The van der Waals surface area contributed by atoms with Gasteiger partial charge in [0.1, 0.15) is 5.71 Å². The third-order valence-electron chi connectivity index (χ3n) is 12.4. The Kier molecular flexibility index (Phi) is 26.0. The Morgan fingerprint density at radius 1 is 0.598 bits per heavy atom. The number of carbonyl (C=O) groups excluding carboxylic acids is 6. The van der Waals surface area contributed by atoms with Gasteiger partial charge in [0.05, 0.1) is 31.0 Å². The van der Waals surface area contributed by atoms with Crippen LogP contribution in [0.3, 0.4) is 0 Å². The number of alkyl halides is 1. The first-order valence-electron chi connectivity index (χ1n) is 26.8. The molecule has 0 unspecified atom stereocenters. The molecule has 26 heteroatoms. The topological polar surface area (TPSA) is 317 Å². The maximum atomic E-state index is 13.2. The van der Waals surface area contributed by atoms with E-state index in [1.54, 1.807) is 86.6 Å². The van der Waals surface area contributed by atoms with Crippen LogP contribution in [-0.2, 0) is 55.7 Å². The van der Waals surface area contributed by atoms with Gasteiger partial charge in [-0.3, -0.25) is 19.4 Å². The molecule has 23 nitrogen and oxygen atoms in total. The van der Waals surface area contributed by atoms with Gasteiger partial charge in [0.2, 0.25) is 12.6 Å². The van der Waals surface area contributed by atoms with E-state index >= 15 is 0 Å². The van der Waals surface area contributed by atoms with Crippen LogP contribution >= 0.6 is 34.8 Å². The lowest BCUT2D eigenvalue weighted by atomic mass is 9.97. The number of aromatic nitrogens is 3. The van der Waals surface area contributed by atoms with Gasteiger partial charge in [0, 0.05) is 35.0 Å². The van der Waals surface area contributed by atoms with Crippen LogP contribution in [0.25, 0.3) is 27.9 Å². The molecule has 3 amide bonds. The Hall–Kier alpha value is -9.39. The van der Waals surface area contributed by atoms with Crippen LogP contribution in [0.15, 0.2) is 168 Å². The molecular weight excluding hydrogens is 1190 g/mol. The lowest BCUT2D eigenvalue weighted by Crippen LogP contribution is -2.43. The fourth-order valence-corrected chi connectivity index (χ4v) is 8.78. The third-order valence-corrected chi connectivity index (χ3v) is 13.0. The summed E-state index contributed by atoms with van der Waals surface area (Å²) in [5.74, 6) is -4.35. The molecule has 0 saturated carbocycles. The third kappa shape index (κ3) is 21.3. The predicted molar refractivity (Wildman–Crippen MR) is 321 cm³/mol. The summed E-state index contributed by atoms with van der Waals surface area (Å²) in [7, 11) is 0. The zero-order chi connectivity index (χ0) is 62.8. The number of esters is 1. The second kappa shape index (κ2) is 33.9. The summed E-state index contributed by atoms with van der Waals surface area (Å²) in [5, 5.41) is 45.8. The number of amides is 3. The van der Waals surface area contributed by atoms with E-state index in [1.165, 1.54) is 0 Å². The summed E-state index contributed by atoms with van der Waals surface area (Å²) in [6.07, 6.45) is -5.28. The number of aromatic amines is 1. The van der Waals surface area contributed by atoms with Gasteiger partial charge in [0.25, 0.3) is 17.7 Å². The minimum atomic E-state index is -1.68. The van der Waals surface area contributed by atoms with E-state index in [1.807, 2.05) is 84.9 Å². The molecule has 7 aromatic rings. The first-order chi connectivity index (χ1) is 41.8. The molecule has 1 aliphatic rings. The molecule has 1 aromatic heterocycles. The van der Waals surface area contributed by atoms with Crippen LogP contribution in [0.4, 0.5) is 15.3 Å². The lowest BCUT2D eigenvalue weighted by Gasteiger charge is -2.21.